The number of hydrogen-bond donors (Lipinski definition) is 1. The van der Waals surface area contributed by atoms with E-state index in [1.54, 1.807) is 28.6 Å². The second-order valence-corrected chi connectivity index (χ2v) is 7.29. The average Bonchev–Trinajstić information content (AvgIpc) is 2.45. The highest BCUT2D eigenvalue weighted by molar-refractivity contribution is 7.89. The molecule has 2 atom stereocenters. The lowest BCUT2D eigenvalue weighted by Crippen LogP contribution is -2.47. The number of piperidine rings is 1. The van der Waals surface area contributed by atoms with Gasteiger partial charge in [0.1, 0.15) is 6.61 Å². The molecule has 0 spiro atoms. The van der Waals surface area contributed by atoms with Gasteiger partial charge in [-0.3, -0.25) is 0 Å². The molecular weight excluding hydrogens is 286 g/mol. The average molecular weight is 307 g/mol. The van der Waals surface area contributed by atoms with Crippen LogP contribution in [-0.2, 0) is 10.0 Å². The van der Waals surface area contributed by atoms with Gasteiger partial charge in [-0.25, -0.2) is 8.42 Å². The van der Waals surface area contributed by atoms with Gasteiger partial charge in [0, 0.05) is 17.6 Å². The first kappa shape index (κ1) is 16.0. The number of aliphatic hydroxyl groups is 1. The van der Waals surface area contributed by atoms with Gasteiger partial charge in [0.05, 0.1) is 4.90 Å². The van der Waals surface area contributed by atoms with Crippen LogP contribution in [0.2, 0.25) is 0 Å². The topological polar surface area (TPSA) is 57.6 Å². The standard InChI is InChI=1S/C16H21NO3S/c1-13-5-3-6-14(2)17(13)21(19,20)16-10-8-15(9-11-16)7-4-12-18/h8-11,13-14,18H,3,5-6,12H2,1-2H3. The van der Waals surface area contributed by atoms with Gasteiger partial charge in [0.2, 0.25) is 10.0 Å². The molecule has 1 aromatic carbocycles. The number of hydrogen-bond acceptors (Lipinski definition) is 3. The lowest BCUT2D eigenvalue weighted by Gasteiger charge is -2.37. The van der Waals surface area contributed by atoms with E-state index in [0.717, 1.165) is 19.3 Å². The van der Waals surface area contributed by atoms with Crippen LogP contribution in [0.5, 0.6) is 0 Å². The molecule has 1 aromatic rings. The number of sulfonamides is 1. The first-order valence-electron chi connectivity index (χ1n) is 7.20. The van der Waals surface area contributed by atoms with Crippen molar-refractivity contribution < 1.29 is 13.5 Å². The summed E-state index contributed by atoms with van der Waals surface area (Å²) in [6.45, 7) is 3.73. The molecule has 4 nitrogen and oxygen atoms in total. The van der Waals surface area contributed by atoms with Gasteiger partial charge in [-0.05, 0) is 51.0 Å². The second kappa shape index (κ2) is 6.61. The maximum Gasteiger partial charge on any atom is 0.243 e. The Morgan fingerprint density at radius 2 is 1.76 bits per heavy atom. The molecule has 1 saturated heterocycles. The van der Waals surface area contributed by atoms with Crippen molar-refractivity contribution in [1.82, 2.24) is 4.31 Å². The molecule has 2 unspecified atom stereocenters. The summed E-state index contributed by atoms with van der Waals surface area (Å²) in [5, 5.41) is 8.66. The largest absolute Gasteiger partial charge is 0.384 e. The van der Waals surface area contributed by atoms with Crippen molar-refractivity contribution in [2.24, 2.45) is 0 Å². The van der Waals surface area contributed by atoms with Gasteiger partial charge in [0.15, 0.2) is 0 Å². The highest BCUT2D eigenvalue weighted by Gasteiger charge is 2.35. The summed E-state index contributed by atoms with van der Waals surface area (Å²) in [5.41, 5.74) is 0.697. The van der Waals surface area contributed by atoms with E-state index in [1.165, 1.54) is 0 Å². The summed E-state index contributed by atoms with van der Waals surface area (Å²) >= 11 is 0. The maximum absolute atomic E-state index is 12.8. The monoisotopic (exact) mass is 307 g/mol. The molecule has 0 radical (unpaired) electrons. The Morgan fingerprint density at radius 1 is 1.19 bits per heavy atom. The molecule has 1 aliphatic heterocycles. The smallest absolute Gasteiger partial charge is 0.243 e. The van der Waals surface area contributed by atoms with Crippen LogP contribution >= 0.6 is 0 Å². The molecule has 0 aromatic heterocycles. The van der Waals surface area contributed by atoms with Gasteiger partial charge < -0.3 is 5.11 Å². The predicted molar refractivity (Wildman–Crippen MR) is 82.2 cm³/mol. The minimum absolute atomic E-state index is 0.0348. The van der Waals surface area contributed by atoms with Gasteiger partial charge in [-0.2, -0.15) is 4.31 Å². The van der Waals surface area contributed by atoms with Crippen LogP contribution in [0.25, 0.3) is 0 Å². The Kier molecular flexibility index (Phi) is 5.04. The van der Waals surface area contributed by atoms with E-state index in [0.29, 0.717) is 10.5 Å². The van der Waals surface area contributed by atoms with E-state index in [9.17, 15) is 8.42 Å². The highest BCUT2D eigenvalue weighted by Crippen LogP contribution is 2.29. The quantitative estimate of drug-likeness (QED) is 0.850. The summed E-state index contributed by atoms with van der Waals surface area (Å²) in [7, 11) is -3.46. The maximum atomic E-state index is 12.8. The van der Waals surface area contributed by atoms with Crippen LogP contribution in [0.15, 0.2) is 29.2 Å². The molecule has 0 aliphatic carbocycles. The zero-order chi connectivity index (χ0) is 15.5. The molecule has 21 heavy (non-hydrogen) atoms. The van der Waals surface area contributed by atoms with E-state index < -0.39 is 10.0 Å². The normalized spacial score (nSPS) is 23.4. The fraction of sp³-hybridized carbons (Fsp3) is 0.500. The van der Waals surface area contributed by atoms with E-state index in [4.69, 9.17) is 5.11 Å². The lowest BCUT2D eigenvalue weighted by atomic mass is 10.0. The van der Waals surface area contributed by atoms with E-state index >= 15 is 0 Å². The Morgan fingerprint density at radius 3 is 2.29 bits per heavy atom. The number of nitrogens with zero attached hydrogens (tertiary/aromatic N) is 1. The zero-order valence-corrected chi connectivity index (χ0v) is 13.2. The van der Waals surface area contributed by atoms with E-state index in [2.05, 4.69) is 11.8 Å². The second-order valence-electron chi connectivity index (χ2n) is 5.45. The van der Waals surface area contributed by atoms with Crippen LogP contribution in [0.4, 0.5) is 0 Å². The first-order chi connectivity index (χ1) is 9.96. The Balaban J connectivity index is 2.30. The molecular formula is C16H21NO3S. The van der Waals surface area contributed by atoms with Crippen molar-refractivity contribution in [2.75, 3.05) is 6.61 Å². The van der Waals surface area contributed by atoms with Crippen LogP contribution in [0, 0.1) is 11.8 Å². The molecule has 0 amide bonds. The molecule has 0 saturated carbocycles. The first-order valence-corrected chi connectivity index (χ1v) is 8.64. The molecule has 0 bridgehead atoms. The van der Waals surface area contributed by atoms with Crippen molar-refractivity contribution in [1.29, 1.82) is 0 Å². The number of aliphatic hydroxyl groups excluding tert-OH is 1. The summed E-state index contributed by atoms with van der Waals surface area (Å²) in [4.78, 5) is 0.303. The summed E-state index contributed by atoms with van der Waals surface area (Å²) in [5.74, 6) is 5.31. The van der Waals surface area contributed by atoms with Crippen LogP contribution in [0.1, 0.15) is 38.7 Å². The molecule has 1 fully saturated rings. The van der Waals surface area contributed by atoms with Crippen molar-refractivity contribution in [3.63, 3.8) is 0 Å². The van der Waals surface area contributed by atoms with E-state index in [-0.39, 0.29) is 18.7 Å². The van der Waals surface area contributed by atoms with Gasteiger partial charge in [-0.1, -0.05) is 18.3 Å². The van der Waals surface area contributed by atoms with Crippen LogP contribution in [0.3, 0.4) is 0 Å². The van der Waals surface area contributed by atoms with E-state index in [1.807, 2.05) is 13.8 Å². The van der Waals surface area contributed by atoms with Crippen molar-refractivity contribution in [3.8, 4) is 11.8 Å². The predicted octanol–water partition coefficient (Wildman–Crippen LogP) is 1.98. The fourth-order valence-corrected chi connectivity index (χ4v) is 4.73. The van der Waals surface area contributed by atoms with Gasteiger partial charge in [0.25, 0.3) is 0 Å². The highest BCUT2D eigenvalue weighted by atomic mass is 32.2. The minimum atomic E-state index is -3.46. The third-order valence-electron chi connectivity index (χ3n) is 3.85. The van der Waals surface area contributed by atoms with Crippen LogP contribution in [-0.4, -0.2) is 36.5 Å². The third-order valence-corrected chi connectivity index (χ3v) is 6.00. The molecule has 1 N–H and O–H groups in total. The third kappa shape index (κ3) is 3.46. The fourth-order valence-electron chi connectivity index (χ4n) is 2.84. The van der Waals surface area contributed by atoms with Gasteiger partial charge in [-0.15, -0.1) is 0 Å². The summed E-state index contributed by atoms with van der Waals surface area (Å²) in [6, 6.07) is 6.60. The summed E-state index contributed by atoms with van der Waals surface area (Å²) < 4.78 is 27.2. The van der Waals surface area contributed by atoms with Crippen molar-refractivity contribution in [3.05, 3.63) is 29.8 Å². The molecule has 5 heteroatoms. The lowest BCUT2D eigenvalue weighted by molar-refractivity contribution is 0.204. The van der Waals surface area contributed by atoms with Crippen molar-refractivity contribution in [2.45, 2.75) is 50.1 Å². The van der Waals surface area contributed by atoms with Gasteiger partial charge >= 0.3 is 0 Å². The molecule has 114 valence electrons. The molecule has 1 heterocycles. The molecule has 2 rings (SSSR count). The molecule has 1 aliphatic rings. The van der Waals surface area contributed by atoms with Crippen LogP contribution < -0.4 is 0 Å². The Labute approximate surface area is 126 Å². The Bertz CT molecular complexity index is 630. The Hall–Kier alpha value is -1.35. The zero-order valence-electron chi connectivity index (χ0n) is 12.4. The summed E-state index contributed by atoms with van der Waals surface area (Å²) in [6.07, 6.45) is 2.89. The SMILES string of the molecule is CC1CCCC(C)N1S(=O)(=O)c1ccc(C#CCO)cc1. The minimum Gasteiger partial charge on any atom is -0.384 e. The number of benzene rings is 1. The number of rotatable bonds is 2. The van der Waals surface area contributed by atoms with Crippen molar-refractivity contribution >= 4 is 10.0 Å².